The summed E-state index contributed by atoms with van der Waals surface area (Å²) in [6.07, 6.45) is 0. The van der Waals surface area contributed by atoms with Gasteiger partial charge in [-0.1, -0.05) is 30.3 Å². The topological polar surface area (TPSA) is 62.3 Å². The minimum absolute atomic E-state index is 0.0596. The smallest absolute Gasteiger partial charge is 0.124 e. The highest BCUT2D eigenvalue weighted by Crippen LogP contribution is 2.32. The summed E-state index contributed by atoms with van der Waals surface area (Å²) in [6.45, 7) is 0.427. The third-order valence-electron chi connectivity index (χ3n) is 3.59. The SMILES string of the molecule is COc1ccccc1C(CN)N(C)c1ccccc1C#N. The zero-order valence-electron chi connectivity index (χ0n) is 12.3. The van der Waals surface area contributed by atoms with Crippen LogP contribution in [0.15, 0.2) is 48.5 Å². The first kappa shape index (κ1) is 14.9. The standard InChI is InChI=1S/C17H19N3O/c1-20(15-9-5-3-7-13(15)11-18)16(12-19)14-8-4-6-10-17(14)21-2/h3-10,16H,12,19H2,1-2H3. The molecular formula is C17H19N3O. The second-order valence-corrected chi connectivity index (χ2v) is 4.73. The molecule has 0 spiro atoms. The van der Waals surface area contributed by atoms with Gasteiger partial charge in [0.1, 0.15) is 11.8 Å². The lowest BCUT2D eigenvalue weighted by atomic mass is 10.0. The summed E-state index contributed by atoms with van der Waals surface area (Å²) in [6, 6.07) is 17.5. The van der Waals surface area contributed by atoms with E-state index in [9.17, 15) is 5.26 Å². The molecule has 0 aliphatic rings. The number of benzene rings is 2. The Bertz CT molecular complexity index is 648. The highest BCUT2D eigenvalue weighted by Gasteiger charge is 2.21. The summed E-state index contributed by atoms with van der Waals surface area (Å²) in [4.78, 5) is 2.02. The van der Waals surface area contributed by atoms with Crippen molar-refractivity contribution in [2.75, 3.05) is 25.6 Å². The van der Waals surface area contributed by atoms with E-state index in [2.05, 4.69) is 6.07 Å². The Morgan fingerprint density at radius 3 is 2.52 bits per heavy atom. The maximum atomic E-state index is 9.26. The van der Waals surface area contributed by atoms with E-state index in [1.807, 2.05) is 60.5 Å². The van der Waals surface area contributed by atoms with Crippen molar-refractivity contribution in [1.29, 1.82) is 5.26 Å². The number of nitrogens with two attached hydrogens (primary N) is 1. The van der Waals surface area contributed by atoms with Crippen molar-refractivity contribution >= 4 is 5.69 Å². The predicted molar refractivity (Wildman–Crippen MR) is 84.3 cm³/mol. The summed E-state index contributed by atoms with van der Waals surface area (Å²) in [5.41, 5.74) is 8.48. The Morgan fingerprint density at radius 2 is 1.86 bits per heavy atom. The third-order valence-corrected chi connectivity index (χ3v) is 3.59. The number of anilines is 1. The summed E-state index contributed by atoms with van der Waals surface area (Å²) in [5, 5.41) is 9.26. The van der Waals surface area contributed by atoms with E-state index >= 15 is 0 Å². The van der Waals surface area contributed by atoms with Gasteiger partial charge in [-0.3, -0.25) is 0 Å². The fraction of sp³-hybridized carbons (Fsp3) is 0.235. The average Bonchev–Trinajstić information content (AvgIpc) is 2.55. The van der Waals surface area contributed by atoms with Crippen molar-refractivity contribution in [3.63, 3.8) is 0 Å². The number of nitriles is 1. The van der Waals surface area contributed by atoms with Gasteiger partial charge in [0.05, 0.1) is 24.4 Å². The van der Waals surface area contributed by atoms with Crippen LogP contribution in [0.2, 0.25) is 0 Å². The molecule has 1 atom stereocenters. The summed E-state index contributed by atoms with van der Waals surface area (Å²) in [5.74, 6) is 0.800. The largest absolute Gasteiger partial charge is 0.496 e. The van der Waals surface area contributed by atoms with Crippen molar-refractivity contribution in [2.24, 2.45) is 5.73 Å². The molecule has 4 nitrogen and oxygen atoms in total. The van der Waals surface area contributed by atoms with Gasteiger partial charge in [-0.2, -0.15) is 5.26 Å². The molecule has 1 unspecified atom stereocenters. The van der Waals surface area contributed by atoms with Crippen molar-refractivity contribution in [3.05, 3.63) is 59.7 Å². The van der Waals surface area contributed by atoms with Crippen LogP contribution < -0.4 is 15.4 Å². The Morgan fingerprint density at radius 1 is 1.19 bits per heavy atom. The van der Waals surface area contributed by atoms with Crippen molar-refractivity contribution in [3.8, 4) is 11.8 Å². The van der Waals surface area contributed by atoms with Gasteiger partial charge in [0, 0.05) is 19.2 Å². The molecule has 2 rings (SSSR count). The van der Waals surface area contributed by atoms with Gasteiger partial charge in [0.25, 0.3) is 0 Å². The van der Waals surface area contributed by atoms with E-state index in [0.717, 1.165) is 17.0 Å². The Kier molecular flexibility index (Phi) is 4.81. The number of para-hydroxylation sites is 2. The number of nitrogens with zero attached hydrogens (tertiary/aromatic N) is 2. The molecule has 108 valence electrons. The molecule has 0 saturated heterocycles. The molecule has 0 saturated carbocycles. The zero-order valence-corrected chi connectivity index (χ0v) is 12.3. The minimum Gasteiger partial charge on any atom is -0.496 e. The minimum atomic E-state index is -0.0596. The lowest BCUT2D eigenvalue weighted by molar-refractivity contribution is 0.405. The van der Waals surface area contributed by atoms with Crippen LogP contribution in [0.4, 0.5) is 5.69 Å². The van der Waals surface area contributed by atoms with Gasteiger partial charge < -0.3 is 15.4 Å². The number of ether oxygens (including phenoxy) is 1. The van der Waals surface area contributed by atoms with Crippen LogP contribution in [-0.2, 0) is 0 Å². The van der Waals surface area contributed by atoms with Crippen molar-refractivity contribution in [1.82, 2.24) is 0 Å². The van der Waals surface area contributed by atoms with E-state index < -0.39 is 0 Å². The summed E-state index contributed by atoms with van der Waals surface area (Å²) in [7, 11) is 3.59. The molecule has 0 aliphatic heterocycles. The maximum absolute atomic E-state index is 9.26. The molecule has 2 aromatic rings. The molecule has 0 amide bonds. The maximum Gasteiger partial charge on any atom is 0.124 e. The molecule has 0 radical (unpaired) electrons. The van der Waals surface area contributed by atoms with Crippen LogP contribution in [0.25, 0.3) is 0 Å². The Labute approximate surface area is 125 Å². The molecule has 0 aliphatic carbocycles. The third kappa shape index (κ3) is 2.99. The van der Waals surface area contributed by atoms with E-state index in [1.165, 1.54) is 0 Å². The quantitative estimate of drug-likeness (QED) is 0.915. The summed E-state index contributed by atoms with van der Waals surface area (Å²) < 4.78 is 5.42. The first-order valence-corrected chi connectivity index (χ1v) is 6.77. The molecule has 21 heavy (non-hydrogen) atoms. The monoisotopic (exact) mass is 281 g/mol. The first-order chi connectivity index (χ1) is 10.2. The Balaban J connectivity index is 2.44. The number of likely N-dealkylation sites (N-methyl/N-ethyl adjacent to an activating group) is 1. The second-order valence-electron chi connectivity index (χ2n) is 4.73. The molecular weight excluding hydrogens is 262 g/mol. The van der Waals surface area contributed by atoms with Gasteiger partial charge in [-0.25, -0.2) is 0 Å². The van der Waals surface area contributed by atoms with E-state index in [-0.39, 0.29) is 6.04 Å². The lowest BCUT2D eigenvalue weighted by Gasteiger charge is -2.31. The highest BCUT2D eigenvalue weighted by atomic mass is 16.5. The van der Waals surface area contributed by atoms with Crippen LogP contribution in [0, 0.1) is 11.3 Å². The molecule has 0 heterocycles. The first-order valence-electron chi connectivity index (χ1n) is 6.77. The van der Waals surface area contributed by atoms with Crippen LogP contribution >= 0.6 is 0 Å². The van der Waals surface area contributed by atoms with Gasteiger partial charge in [-0.05, 0) is 18.2 Å². The molecule has 2 aromatic carbocycles. The average molecular weight is 281 g/mol. The van der Waals surface area contributed by atoms with Crippen molar-refractivity contribution < 1.29 is 4.74 Å². The number of hydrogen-bond donors (Lipinski definition) is 1. The number of hydrogen-bond acceptors (Lipinski definition) is 4. The van der Waals surface area contributed by atoms with Gasteiger partial charge in [0.15, 0.2) is 0 Å². The molecule has 0 bridgehead atoms. The predicted octanol–water partition coefficient (Wildman–Crippen LogP) is 2.70. The van der Waals surface area contributed by atoms with E-state index in [1.54, 1.807) is 7.11 Å². The number of methoxy groups -OCH3 is 1. The van der Waals surface area contributed by atoms with E-state index in [0.29, 0.717) is 12.1 Å². The van der Waals surface area contributed by atoms with Crippen LogP contribution in [0.5, 0.6) is 5.75 Å². The normalized spacial score (nSPS) is 11.5. The van der Waals surface area contributed by atoms with Crippen LogP contribution in [0.3, 0.4) is 0 Å². The summed E-state index contributed by atoms with van der Waals surface area (Å²) >= 11 is 0. The Hall–Kier alpha value is -2.51. The van der Waals surface area contributed by atoms with Gasteiger partial charge in [-0.15, -0.1) is 0 Å². The van der Waals surface area contributed by atoms with Crippen LogP contribution in [0.1, 0.15) is 17.2 Å². The zero-order chi connectivity index (χ0) is 15.2. The van der Waals surface area contributed by atoms with Crippen LogP contribution in [-0.4, -0.2) is 20.7 Å². The number of rotatable bonds is 5. The lowest BCUT2D eigenvalue weighted by Crippen LogP contribution is -2.31. The fourth-order valence-corrected chi connectivity index (χ4v) is 2.48. The van der Waals surface area contributed by atoms with Gasteiger partial charge >= 0.3 is 0 Å². The molecule has 0 aromatic heterocycles. The second kappa shape index (κ2) is 6.78. The van der Waals surface area contributed by atoms with Gasteiger partial charge in [0.2, 0.25) is 0 Å². The van der Waals surface area contributed by atoms with E-state index in [4.69, 9.17) is 10.5 Å². The highest BCUT2D eigenvalue weighted by molar-refractivity contribution is 5.60. The molecule has 0 fully saturated rings. The fourth-order valence-electron chi connectivity index (χ4n) is 2.48. The molecule has 2 N–H and O–H groups in total. The molecule has 4 heteroatoms. The van der Waals surface area contributed by atoms with Crippen molar-refractivity contribution in [2.45, 2.75) is 6.04 Å².